The molecule has 0 aliphatic carbocycles. The lowest BCUT2D eigenvalue weighted by atomic mass is 10.1. The molecule has 0 amide bonds. The van der Waals surface area contributed by atoms with Gasteiger partial charge in [-0.05, 0) is 18.2 Å². The van der Waals surface area contributed by atoms with Crippen molar-refractivity contribution in [3.63, 3.8) is 0 Å². The van der Waals surface area contributed by atoms with Crippen LogP contribution in [0.5, 0.6) is 5.75 Å². The first kappa shape index (κ1) is 12.9. The van der Waals surface area contributed by atoms with Crippen molar-refractivity contribution in [3.05, 3.63) is 30.3 Å². The highest BCUT2D eigenvalue weighted by Gasteiger charge is 2.03. The molecule has 0 heterocycles. The van der Waals surface area contributed by atoms with E-state index < -0.39 is 6.10 Å². The molecule has 0 bridgehead atoms. The first-order chi connectivity index (χ1) is 7.71. The summed E-state index contributed by atoms with van der Waals surface area (Å²) < 4.78 is 5.17. The molecule has 88 valence electrons. The van der Waals surface area contributed by atoms with E-state index in [4.69, 9.17) is 16.3 Å². The number of halogens is 1. The predicted octanol–water partition coefficient (Wildman–Crippen LogP) is 2.35. The standard InChI is InChI=1S/C12H16ClNO2/c1-3-9-6-10(4-5-12(9)16-2)14-8-11(15)7-13/h3-6,11,14-15H,1,7-8H2,2H3. The van der Waals surface area contributed by atoms with E-state index in [0.717, 1.165) is 17.0 Å². The topological polar surface area (TPSA) is 41.5 Å². The van der Waals surface area contributed by atoms with E-state index in [9.17, 15) is 5.11 Å². The average Bonchev–Trinajstić information content (AvgIpc) is 2.35. The highest BCUT2D eigenvalue weighted by molar-refractivity contribution is 6.18. The number of ether oxygens (including phenoxy) is 1. The van der Waals surface area contributed by atoms with Crippen molar-refractivity contribution < 1.29 is 9.84 Å². The van der Waals surface area contributed by atoms with Gasteiger partial charge in [0.05, 0.1) is 19.1 Å². The number of hydrogen-bond donors (Lipinski definition) is 2. The third kappa shape index (κ3) is 3.43. The lowest BCUT2D eigenvalue weighted by Crippen LogP contribution is -2.20. The van der Waals surface area contributed by atoms with Crippen LogP contribution in [0.25, 0.3) is 6.08 Å². The summed E-state index contributed by atoms with van der Waals surface area (Å²) in [6.07, 6.45) is 1.18. The summed E-state index contributed by atoms with van der Waals surface area (Å²) in [4.78, 5) is 0. The van der Waals surface area contributed by atoms with E-state index in [1.807, 2.05) is 18.2 Å². The molecule has 0 radical (unpaired) electrons. The molecule has 0 aliphatic heterocycles. The Hall–Kier alpha value is -1.19. The van der Waals surface area contributed by atoms with Gasteiger partial charge in [-0.15, -0.1) is 11.6 Å². The molecule has 0 fully saturated rings. The van der Waals surface area contributed by atoms with Crippen LogP contribution in [0.2, 0.25) is 0 Å². The molecule has 1 unspecified atom stereocenters. The Labute approximate surface area is 101 Å². The van der Waals surface area contributed by atoms with E-state index in [1.54, 1.807) is 13.2 Å². The van der Waals surface area contributed by atoms with Crippen molar-refractivity contribution in [1.82, 2.24) is 0 Å². The maximum Gasteiger partial charge on any atom is 0.126 e. The van der Waals surface area contributed by atoms with Crippen LogP contribution in [0.15, 0.2) is 24.8 Å². The predicted molar refractivity (Wildman–Crippen MR) is 68.3 cm³/mol. The summed E-state index contributed by atoms with van der Waals surface area (Å²) in [5.41, 5.74) is 1.81. The van der Waals surface area contributed by atoms with Gasteiger partial charge in [0, 0.05) is 17.8 Å². The molecule has 0 spiro atoms. The van der Waals surface area contributed by atoms with Gasteiger partial charge in [-0.1, -0.05) is 12.7 Å². The van der Waals surface area contributed by atoms with Crippen LogP contribution in [-0.4, -0.2) is 30.7 Å². The van der Waals surface area contributed by atoms with Gasteiger partial charge in [0.15, 0.2) is 0 Å². The number of aliphatic hydroxyl groups is 1. The van der Waals surface area contributed by atoms with Crippen molar-refractivity contribution in [1.29, 1.82) is 0 Å². The van der Waals surface area contributed by atoms with E-state index in [1.165, 1.54) is 0 Å². The Bertz CT molecular complexity index is 355. The summed E-state index contributed by atoms with van der Waals surface area (Å²) in [5.74, 6) is 0.996. The first-order valence-electron chi connectivity index (χ1n) is 4.99. The van der Waals surface area contributed by atoms with Crippen LogP contribution in [-0.2, 0) is 0 Å². The maximum atomic E-state index is 9.31. The normalized spacial score (nSPS) is 11.9. The number of rotatable bonds is 6. The van der Waals surface area contributed by atoms with Gasteiger partial charge in [-0.3, -0.25) is 0 Å². The third-order valence-corrected chi connectivity index (χ3v) is 2.53. The Morgan fingerprint density at radius 3 is 2.94 bits per heavy atom. The van der Waals surface area contributed by atoms with E-state index in [-0.39, 0.29) is 5.88 Å². The van der Waals surface area contributed by atoms with E-state index >= 15 is 0 Å². The minimum Gasteiger partial charge on any atom is -0.496 e. The summed E-state index contributed by atoms with van der Waals surface area (Å²) in [6, 6.07) is 5.64. The van der Waals surface area contributed by atoms with E-state index in [2.05, 4.69) is 11.9 Å². The molecule has 1 aromatic rings. The van der Waals surface area contributed by atoms with E-state index in [0.29, 0.717) is 6.54 Å². The fourth-order valence-corrected chi connectivity index (χ4v) is 1.40. The number of alkyl halides is 1. The average molecular weight is 242 g/mol. The molecular formula is C12H16ClNO2. The first-order valence-corrected chi connectivity index (χ1v) is 5.53. The quantitative estimate of drug-likeness (QED) is 0.752. The van der Waals surface area contributed by atoms with Gasteiger partial charge in [0.25, 0.3) is 0 Å². The summed E-state index contributed by atoms with van der Waals surface area (Å²) >= 11 is 5.50. The van der Waals surface area contributed by atoms with Gasteiger partial charge >= 0.3 is 0 Å². The Kier molecular flexibility index (Phi) is 5.15. The zero-order valence-electron chi connectivity index (χ0n) is 9.24. The Morgan fingerprint density at radius 2 is 2.38 bits per heavy atom. The number of nitrogens with one attached hydrogen (secondary N) is 1. The zero-order chi connectivity index (χ0) is 12.0. The highest BCUT2D eigenvalue weighted by atomic mass is 35.5. The lowest BCUT2D eigenvalue weighted by Gasteiger charge is -2.12. The summed E-state index contributed by atoms with van der Waals surface area (Å²) in [5, 5.41) is 12.4. The second kappa shape index (κ2) is 6.40. The van der Waals surface area contributed by atoms with Crippen LogP contribution < -0.4 is 10.1 Å². The molecule has 4 heteroatoms. The van der Waals surface area contributed by atoms with Crippen LogP contribution in [0.4, 0.5) is 5.69 Å². The van der Waals surface area contributed by atoms with Crippen LogP contribution >= 0.6 is 11.6 Å². The van der Waals surface area contributed by atoms with Crippen molar-refractivity contribution >= 4 is 23.4 Å². The number of methoxy groups -OCH3 is 1. The van der Waals surface area contributed by atoms with Crippen LogP contribution in [0.3, 0.4) is 0 Å². The third-order valence-electron chi connectivity index (χ3n) is 2.17. The second-order valence-electron chi connectivity index (χ2n) is 3.35. The monoisotopic (exact) mass is 241 g/mol. The number of anilines is 1. The second-order valence-corrected chi connectivity index (χ2v) is 3.66. The fourth-order valence-electron chi connectivity index (χ4n) is 1.29. The fraction of sp³-hybridized carbons (Fsp3) is 0.333. The number of hydrogen-bond acceptors (Lipinski definition) is 3. The van der Waals surface area contributed by atoms with Gasteiger partial charge in [0.2, 0.25) is 0 Å². The molecule has 0 saturated carbocycles. The highest BCUT2D eigenvalue weighted by Crippen LogP contribution is 2.23. The van der Waals surface area contributed by atoms with Gasteiger partial charge in [-0.25, -0.2) is 0 Å². The molecule has 0 aliphatic rings. The number of aliphatic hydroxyl groups excluding tert-OH is 1. The minimum absolute atomic E-state index is 0.220. The molecule has 3 nitrogen and oxygen atoms in total. The van der Waals surface area contributed by atoms with Crippen LogP contribution in [0.1, 0.15) is 5.56 Å². The van der Waals surface area contributed by atoms with Crippen molar-refractivity contribution in [3.8, 4) is 5.75 Å². The zero-order valence-corrected chi connectivity index (χ0v) is 10.00. The van der Waals surface area contributed by atoms with Crippen LogP contribution in [0, 0.1) is 0 Å². The Balaban J connectivity index is 2.71. The summed E-state index contributed by atoms with van der Waals surface area (Å²) in [6.45, 7) is 4.14. The maximum absolute atomic E-state index is 9.31. The molecule has 0 aromatic heterocycles. The molecule has 2 N–H and O–H groups in total. The van der Waals surface area contributed by atoms with Gasteiger partial charge in [0.1, 0.15) is 5.75 Å². The molecule has 0 saturated heterocycles. The largest absolute Gasteiger partial charge is 0.496 e. The van der Waals surface area contributed by atoms with Crippen molar-refractivity contribution in [2.24, 2.45) is 0 Å². The molecule has 16 heavy (non-hydrogen) atoms. The molecule has 1 atom stereocenters. The van der Waals surface area contributed by atoms with Gasteiger partial charge < -0.3 is 15.2 Å². The number of benzene rings is 1. The molecule has 1 aromatic carbocycles. The smallest absolute Gasteiger partial charge is 0.126 e. The molecule has 1 rings (SSSR count). The SMILES string of the molecule is C=Cc1cc(NCC(O)CCl)ccc1OC. The van der Waals surface area contributed by atoms with Gasteiger partial charge in [-0.2, -0.15) is 0 Å². The molecular weight excluding hydrogens is 226 g/mol. The Morgan fingerprint density at radius 1 is 1.62 bits per heavy atom. The lowest BCUT2D eigenvalue weighted by molar-refractivity contribution is 0.211. The minimum atomic E-state index is -0.545. The van der Waals surface area contributed by atoms with Crippen molar-refractivity contribution in [2.45, 2.75) is 6.10 Å². The van der Waals surface area contributed by atoms with Crippen molar-refractivity contribution in [2.75, 3.05) is 24.9 Å². The summed E-state index contributed by atoms with van der Waals surface area (Å²) in [7, 11) is 1.62.